The lowest BCUT2D eigenvalue weighted by atomic mass is 9.78. The summed E-state index contributed by atoms with van der Waals surface area (Å²) in [5.74, 6) is -1.49. The van der Waals surface area contributed by atoms with Crippen molar-refractivity contribution in [3.63, 3.8) is 0 Å². The van der Waals surface area contributed by atoms with Crippen LogP contribution in [0.4, 0.5) is 5.82 Å². The fraction of sp³-hybridized carbons (Fsp3) is 0.353. The summed E-state index contributed by atoms with van der Waals surface area (Å²) in [6.07, 6.45) is 1.47. The summed E-state index contributed by atoms with van der Waals surface area (Å²) in [5, 5.41) is 23.1. The number of amides is 1. The minimum Gasteiger partial charge on any atom is -0.481 e. The van der Waals surface area contributed by atoms with Crippen molar-refractivity contribution >= 4 is 17.7 Å². The van der Waals surface area contributed by atoms with Crippen LogP contribution in [0.1, 0.15) is 24.7 Å². The van der Waals surface area contributed by atoms with Crippen LogP contribution in [0.3, 0.4) is 0 Å². The third-order valence-corrected chi connectivity index (χ3v) is 4.39. The third-order valence-electron chi connectivity index (χ3n) is 4.39. The molecule has 1 amide bonds. The molecule has 0 aliphatic carbocycles. The molecule has 0 saturated heterocycles. The Morgan fingerprint density at radius 3 is 2.50 bits per heavy atom. The Hall–Kier alpha value is -3.23. The highest BCUT2D eigenvalue weighted by Gasteiger charge is 2.39. The van der Waals surface area contributed by atoms with Crippen molar-refractivity contribution in [2.24, 2.45) is 0 Å². The Morgan fingerprint density at radius 1 is 1.35 bits per heavy atom. The summed E-state index contributed by atoms with van der Waals surface area (Å²) >= 11 is 0. The van der Waals surface area contributed by atoms with Crippen LogP contribution < -0.4 is 5.32 Å². The number of hydrogen-bond donors (Lipinski definition) is 2. The van der Waals surface area contributed by atoms with Crippen molar-refractivity contribution in [1.29, 1.82) is 0 Å². The molecule has 2 rings (SSSR count). The molecule has 0 fully saturated rings. The van der Waals surface area contributed by atoms with E-state index in [1.165, 1.54) is 10.8 Å². The number of carboxylic acids is 1. The van der Waals surface area contributed by atoms with Crippen LogP contribution in [-0.4, -0.2) is 38.0 Å². The molecule has 1 aromatic heterocycles. The van der Waals surface area contributed by atoms with Gasteiger partial charge in [0.15, 0.2) is 0 Å². The number of benzene rings is 1. The quantitative estimate of drug-likeness (QED) is 0.544. The number of imidazole rings is 1. The molecule has 2 N–H and O–H groups in total. The van der Waals surface area contributed by atoms with Crippen molar-refractivity contribution in [2.45, 2.75) is 32.2 Å². The van der Waals surface area contributed by atoms with Gasteiger partial charge in [0.05, 0.1) is 0 Å². The van der Waals surface area contributed by atoms with Crippen LogP contribution in [0.2, 0.25) is 0 Å². The molecule has 0 bridgehead atoms. The SMILES string of the molecule is CCC(CNC(=O)Cn1cc([N+](=O)[O-])nc1C)(C(=O)O)c1ccccc1. The van der Waals surface area contributed by atoms with Crippen LogP contribution in [-0.2, 0) is 21.5 Å². The topological polar surface area (TPSA) is 127 Å². The van der Waals surface area contributed by atoms with Crippen molar-refractivity contribution in [1.82, 2.24) is 14.9 Å². The van der Waals surface area contributed by atoms with Gasteiger partial charge in [-0.25, -0.2) is 0 Å². The van der Waals surface area contributed by atoms with Gasteiger partial charge in [0.1, 0.15) is 18.2 Å². The standard InChI is InChI=1S/C17H20N4O5/c1-3-17(16(23)24,13-7-5-4-6-8-13)11-18-15(22)10-20-9-14(21(25)26)19-12(20)2/h4-9H,3,10-11H2,1-2H3,(H,18,22)(H,23,24). The molecule has 9 nitrogen and oxygen atoms in total. The number of nitrogens with one attached hydrogen (secondary N) is 1. The molecular formula is C17H20N4O5. The maximum atomic E-state index is 12.2. The monoisotopic (exact) mass is 360 g/mol. The first-order chi connectivity index (χ1) is 12.3. The van der Waals surface area contributed by atoms with Gasteiger partial charge in [0, 0.05) is 13.5 Å². The lowest BCUT2D eigenvalue weighted by Gasteiger charge is -2.29. The van der Waals surface area contributed by atoms with Gasteiger partial charge < -0.3 is 20.5 Å². The molecule has 1 atom stereocenters. The minimum atomic E-state index is -1.24. The van der Waals surface area contributed by atoms with Gasteiger partial charge in [0.25, 0.3) is 0 Å². The average Bonchev–Trinajstić information content (AvgIpc) is 2.97. The Bertz CT molecular complexity index is 818. The fourth-order valence-corrected chi connectivity index (χ4v) is 2.74. The molecule has 0 spiro atoms. The predicted molar refractivity (Wildman–Crippen MR) is 92.7 cm³/mol. The second-order valence-electron chi connectivity index (χ2n) is 5.91. The number of hydrogen-bond acceptors (Lipinski definition) is 5. The Balaban J connectivity index is 2.13. The van der Waals surface area contributed by atoms with E-state index in [2.05, 4.69) is 10.3 Å². The van der Waals surface area contributed by atoms with Crippen LogP contribution >= 0.6 is 0 Å². The Morgan fingerprint density at radius 2 is 2.00 bits per heavy atom. The number of nitro groups is 1. The van der Waals surface area contributed by atoms with E-state index in [1.54, 1.807) is 44.2 Å². The first-order valence-electron chi connectivity index (χ1n) is 8.04. The summed E-state index contributed by atoms with van der Waals surface area (Å²) in [6.45, 7) is 3.03. The number of aromatic nitrogens is 2. The van der Waals surface area contributed by atoms with Gasteiger partial charge >= 0.3 is 11.8 Å². The molecular weight excluding hydrogens is 340 g/mol. The van der Waals surface area contributed by atoms with Crippen molar-refractivity contribution in [2.75, 3.05) is 6.54 Å². The van der Waals surface area contributed by atoms with Crippen LogP contribution in [0, 0.1) is 17.0 Å². The smallest absolute Gasteiger partial charge is 0.381 e. The third kappa shape index (κ3) is 3.88. The van der Waals surface area contributed by atoms with E-state index in [1.807, 2.05) is 0 Å². The van der Waals surface area contributed by atoms with Gasteiger partial charge in [-0.15, -0.1) is 0 Å². The first-order valence-corrected chi connectivity index (χ1v) is 8.04. The second kappa shape index (κ2) is 7.77. The summed E-state index contributed by atoms with van der Waals surface area (Å²) in [6, 6.07) is 8.72. The largest absolute Gasteiger partial charge is 0.481 e. The molecule has 0 saturated carbocycles. The number of rotatable bonds is 8. The minimum absolute atomic E-state index is 0.0858. The van der Waals surface area contributed by atoms with Gasteiger partial charge in [-0.2, -0.15) is 0 Å². The molecule has 1 heterocycles. The highest BCUT2D eigenvalue weighted by molar-refractivity contribution is 5.83. The van der Waals surface area contributed by atoms with E-state index >= 15 is 0 Å². The van der Waals surface area contributed by atoms with E-state index in [0.717, 1.165) is 0 Å². The van der Waals surface area contributed by atoms with E-state index < -0.39 is 22.2 Å². The highest BCUT2D eigenvalue weighted by atomic mass is 16.6. The van der Waals surface area contributed by atoms with E-state index in [9.17, 15) is 24.8 Å². The molecule has 0 radical (unpaired) electrons. The molecule has 9 heteroatoms. The number of carbonyl (C=O) groups excluding carboxylic acids is 1. The number of aliphatic carboxylic acids is 1. The second-order valence-corrected chi connectivity index (χ2v) is 5.91. The Kier molecular flexibility index (Phi) is 5.71. The average molecular weight is 360 g/mol. The van der Waals surface area contributed by atoms with E-state index in [0.29, 0.717) is 17.8 Å². The van der Waals surface area contributed by atoms with E-state index in [-0.39, 0.29) is 18.9 Å². The van der Waals surface area contributed by atoms with Crippen molar-refractivity contribution < 1.29 is 19.6 Å². The van der Waals surface area contributed by atoms with Crippen LogP contribution in [0.5, 0.6) is 0 Å². The summed E-state index contributed by atoms with van der Waals surface area (Å²) < 4.78 is 1.35. The maximum absolute atomic E-state index is 12.2. The zero-order valence-electron chi connectivity index (χ0n) is 14.5. The van der Waals surface area contributed by atoms with Crippen molar-refractivity contribution in [3.8, 4) is 0 Å². The van der Waals surface area contributed by atoms with Gasteiger partial charge in [-0.1, -0.05) is 37.3 Å². The number of nitrogens with zero attached hydrogens (tertiary/aromatic N) is 3. The predicted octanol–water partition coefficient (Wildman–Crippen LogP) is 1.65. The lowest BCUT2D eigenvalue weighted by molar-refractivity contribution is -0.389. The van der Waals surface area contributed by atoms with Crippen LogP contribution in [0.25, 0.3) is 0 Å². The normalized spacial score (nSPS) is 13.0. The molecule has 138 valence electrons. The highest BCUT2D eigenvalue weighted by Crippen LogP contribution is 2.27. The van der Waals surface area contributed by atoms with Gasteiger partial charge in [-0.3, -0.25) is 14.2 Å². The molecule has 2 aromatic rings. The number of aryl methyl sites for hydroxylation is 1. The first kappa shape index (κ1) is 19.1. The lowest BCUT2D eigenvalue weighted by Crippen LogP contribution is -2.47. The Labute approximate surface area is 149 Å². The van der Waals surface area contributed by atoms with Crippen molar-refractivity contribution in [3.05, 3.63) is 58.0 Å². The molecule has 1 aromatic carbocycles. The zero-order chi connectivity index (χ0) is 19.3. The summed E-state index contributed by atoms with van der Waals surface area (Å²) in [5.41, 5.74) is -0.642. The fourth-order valence-electron chi connectivity index (χ4n) is 2.74. The molecule has 0 aliphatic heterocycles. The number of carbonyl (C=O) groups is 2. The zero-order valence-corrected chi connectivity index (χ0v) is 14.5. The van der Waals surface area contributed by atoms with Gasteiger partial charge in [0.2, 0.25) is 11.7 Å². The molecule has 26 heavy (non-hydrogen) atoms. The van der Waals surface area contributed by atoms with Gasteiger partial charge in [-0.05, 0) is 21.9 Å². The molecule has 0 aliphatic rings. The molecule has 1 unspecified atom stereocenters. The summed E-state index contributed by atoms with van der Waals surface area (Å²) in [4.78, 5) is 38.0. The maximum Gasteiger partial charge on any atom is 0.381 e. The van der Waals surface area contributed by atoms with Crippen LogP contribution in [0.15, 0.2) is 36.5 Å². The summed E-state index contributed by atoms with van der Waals surface area (Å²) in [7, 11) is 0. The van der Waals surface area contributed by atoms with E-state index in [4.69, 9.17) is 0 Å². The number of carboxylic acid groups (broad SMARTS) is 1.